The number of benzene rings is 1. The predicted octanol–water partition coefficient (Wildman–Crippen LogP) is 3.27. The molecule has 2 aromatic rings. The fourth-order valence-electron chi connectivity index (χ4n) is 1.45. The molecule has 78 valence electrons. The van der Waals surface area contributed by atoms with Gasteiger partial charge in [0.2, 0.25) is 0 Å². The van der Waals surface area contributed by atoms with Gasteiger partial charge in [0, 0.05) is 23.4 Å². The molecule has 2 nitrogen and oxygen atoms in total. The Morgan fingerprint density at radius 2 is 2.00 bits per heavy atom. The summed E-state index contributed by atoms with van der Waals surface area (Å²) in [5, 5.41) is 4.18. The minimum absolute atomic E-state index is 0.208. The van der Waals surface area contributed by atoms with Gasteiger partial charge >= 0.3 is 0 Å². The fourth-order valence-corrected chi connectivity index (χ4v) is 1.45. The molecule has 0 fully saturated rings. The van der Waals surface area contributed by atoms with E-state index in [-0.39, 0.29) is 5.82 Å². The molecule has 0 bridgehead atoms. The molecule has 15 heavy (non-hydrogen) atoms. The molecule has 0 aliphatic heterocycles. The van der Waals surface area contributed by atoms with Crippen molar-refractivity contribution in [3.63, 3.8) is 0 Å². The molecular formula is C12H13FN2. The van der Waals surface area contributed by atoms with Crippen LogP contribution < -0.4 is 0 Å². The first-order chi connectivity index (χ1) is 7.18. The Balaban J connectivity index is 2.42. The highest BCUT2D eigenvalue weighted by molar-refractivity contribution is 5.62. The maximum Gasteiger partial charge on any atom is 0.131 e. The lowest BCUT2D eigenvalue weighted by Gasteiger charge is -2.03. The highest BCUT2D eigenvalue weighted by atomic mass is 19.1. The fraction of sp³-hybridized carbons (Fsp3) is 0.250. The Labute approximate surface area is 88.4 Å². The summed E-state index contributed by atoms with van der Waals surface area (Å²) in [4.78, 5) is 0. The second-order valence-corrected chi connectivity index (χ2v) is 3.78. The number of aromatic nitrogens is 2. The lowest BCUT2D eigenvalue weighted by atomic mass is 10.1. The van der Waals surface area contributed by atoms with Crippen molar-refractivity contribution < 1.29 is 4.39 Å². The zero-order valence-electron chi connectivity index (χ0n) is 8.81. The van der Waals surface area contributed by atoms with Crippen LogP contribution in [0.3, 0.4) is 0 Å². The van der Waals surface area contributed by atoms with E-state index in [0.29, 0.717) is 11.6 Å². The van der Waals surface area contributed by atoms with E-state index in [0.717, 1.165) is 5.56 Å². The van der Waals surface area contributed by atoms with Gasteiger partial charge in [-0.15, -0.1) is 0 Å². The Bertz CT molecular complexity index is 460. The SMILES string of the molecule is CC(C)n1cc(-c2ccccc2F)cn1. The third-order valence-corrected chi connectivity index (χ3v) is 2.32. The molecule has 1 aromatic carbocycles. The Morgan fingerprint density at radius 1 is 1.27 bits per heavy atom. The van der Waals surface area contributed by atoms with Gasteiger partial charge in [-0.25, -0.2) is 4.39 Å². The van der Waals surface area contributed by atoms with Crippen LogP contribution in [0.4, 0.5) is 4.39 Å². The van der Waals surface area contributed by atoms with Gasteiger partial charge in [-0.1, -0.05) is 18.2 Å². The van der Waals surface area contributed by atoms with E-state index in [4.69, 9.17) is 0 Å². The Kier molecular flexibility index (Phi) is 2.54. The van der Waals surface area contributed by atoms with Gasteiger partial charge < -0.3 is 0 Å². The van der Waals surface area contributed by atoms with Crippen LogP contribution in [0.15, 0.2) is 36.7 Å². The average molecular weight is 204 g/mol. The highest BCUT2D eigenvalue weighted by Gasteiger charge is 2.07. The Hall–Kier alpha value is -1.64. The van der Waals surface area contributed by atoms with Crippen molar-refractivity contribution in [3.05, 3.63) is 42.5 Å². The van der Waals surface area contributed by atoms with Crippen LogP contribution in [-0.2, 0) is 0 Å². The first-order valence-electron chi connectivity index (χ1n) is 4.97. The molecule has 1 aromatic heterocycles. The molecule has 0 saturated carbocycles. The summed E-state index contributed by atoms with van der Waals surface area (Å²) in [7, 11) is 0. The number of rotatable bonds is 2. The van der Waals surface area contributed by atoms with Crippen LogP contribution >= 0.6 is 0 Å². The molecule has 1 heterocycles. The third-order valence-electron chi connectivity index (χ3n) is 2.32. The summed E-state index contributed by atoms with van der Waals surface area (Å²) >= 11 is 0. The number of halogens is 1. The third kappa shape index (κ3) is 1.91. The molecule has 0 atom stereocenters. The smallest absolute Gasteiger partial charge is 0.131 e. The number of hydrogen-bond donors (Lipinski definition) is 0. The number of nitrogens with zero attached hydrogens (tertiary/aromatic N) is 2. The van der Waals surface area contributed by atoms with E-state index in [1.807, 2.05) is 30.8 Å². The normalized spacial score (nSPS) is 10.9. The molecular weight excluding hydrogens is 191 g/mol. The van der Waals surface area contributed by atoms with Gasteiger partial charge in [-0.3, -0.25) is 4.68 Å². The van der Waals surface area contributed by atoms with Crippen molar-refractivity contribution in [2.45, 2.75) is 19.9 Å². The van der Waals surface area contributed by atoms with E-state index in [9.17, 15) is 4.39 Å². The summed E-state index contributed by atoms with van der Waals surface area (Å²) < 4.78 is 15.3. The standard InChI is InChI=1S/C12H13FN2/c1-9(2)15-8-10(7-14-15)11-5-3-4-6-12(11)13/h3-9H,1-2H3. The van der Waals surface area contributed by atoms with Crippen LogP contribution in [0.25, 0.3) is 11.1 Å². The molecule has 0 radical (unpaired) electrons. The molecule has 0 amide bonds. The van der Waals surface area contributed by atoms with E-state index >= 15 is 0 Å². The maximum absolute atomic E-state index is 13.4. The molecule has 0 aliphatic rings. The predicted molar refractivity (Wildman–Crippen MR) is 58.0 cm³/mol. The highest BCUT2D eigenvalue weighted by Crippen LogP contribution is 2.22. The summed E-state index contributed by atoms with van der Waals surface area (Å²) in [6.45, 7) is 4.08. The molecule has 0 N–H and O–H groups in total. The molecule has 0 aliphatic carbocycles. The summed E-state index contributed by atoms with van der Waals surface area (Å²) in [6, 6.07) is 7.03. The average Bonchev–Trinajstić information content (AvgIpc) is 2.67. The van der Waals surface area contributed by atoms with Crippen LogP contribution in [0.5, 0.6) is 0 Å². The van der Waals surface area contributed by atoms with Gasteiger partial charge in [0.05, 0.1) is 6.20 Å². The van der Waals surface area contributed by atoms with Crippen molar-refractivity contribution in [3.8, 4) is 11.1 Å². The monoisotopic (exact) mass is 204 g/mol. The molecule has 0 saturated heterocycles. The van der Waals surface area contributed by atoms with Crippen molar-refractivity contribution in [2.75, 3.05) is 0 Å². The minimum Gasteiger partial charge on any atom is -0.270 e. The second kappa shape index (κ2) is 3.85. The molecule has 3 heteroatoms. The zero-order valence-corrected chi connectivity index (χ0v) is 8.81. The van der Waals surface area contributed by atoms with Crippen LogP contribution in [0, 0.1) is 5.82 Å². The summed E-state index contributed by atoms with van der Waals surface area (Å²) in [5.41, 5.74) is 1.42. The minimum atomic E-state index is -0.208. The number of hydrogen-bond acceptors (Lipinski definition) is 1. The largest absolute Gasteiger partial charge is 0.270 e. The van der Waals surface area contributed by atoms with Crippen LogP contribution in [0.1, 0.15) is 19.9 Å². The van der Waals surface area contributed by atoms with E-state index in [1.54, 1.807) is 18.3 Å². The second-order valence-electron chi connectivity index (χ2n) is 3.78. The molecule has 0 spiro atoms. The van der Waals surface area contributed by atoms with E-state index in [1.165, 1.54) is 6.07 Å². The first-order valence-corrected chi connectivity index (χ1v) is 4.97. The van der Waals surface area contributed by atoms with Crippen LogP contribution in [-0.4, -0.2) is 9.78 Å². The van der Waals surface area contributed by atoms with Crippen molar-refractivity contribution in [1.29, 1.82) is 0 Å². The topological polar surface area (TPSA) is 17.8 Å². The van der Waals surface area contributed by atoms with Crippen LogP contribution in [0.2, 0.25) is 0 Å². The van der Waals surface area contributed by atoms with Crippen molar-refractivity contribution in [1.82, 2.24) is 9.78 Å². The van der Waals surface area contributed by atoms with E-state index < -0.39 is 0 Å². The van der Waals surface area contributed by atoms with E-state index in [2.05, 4.69) is 5.10 Å². The quantitative estimate of drug-likeness (QED) is 0.734. The van der Waals surface area contributed by atoms with Gasteiger partial charge in [0.15, 0.2) is 0 Å². The van der Waals surface area contributed by atoms with Gasteiger partial charge in [-0.2, -0.15) is 5.10 Å². The zero-order chi connectivity index (χ0) is 10.8. The molecule has 0 unspecified atom stereocenters. The maximum atomic E-state index is 13.4. The van der Waals surface area contributed by atoms with Gasteiger partial charge in [0.25, 0.3) is 0 Å². The first kappa shape index (κ1) is 9.90. The van der Waals surface area contributed by atoms with Gasteiger partial charge in [-0.05, 0) is 19.9 Å². The van der Waals surface area contributed by atoms with Crippen molar-refractivity contribution >= 4 is 0 Å². The lowest BCUT2D eigenvalue weighted by Crippen LogP contribution is -1.99. The summed E-state index contributed by atoms with van der Waals surface area (Å²) in [5.74, 6) is -0.208. The molecule has 2 rings (SSSR count). The Morgan fingerprint density at radius 3 is 2.60 bits per heavy atom. The van der Waals surface area contributed by atoms with Gasteiger partial charge in [0.1, 0.15) is 5.82 Å². The van der Waals surface area contributed by atoms with Crippen molar-refractivity contribution in [2.24, 2.45) is 0 Å². The summed E-state index contributed by atoms with van der Waals surface area (Å²) in [6.07, 6.45) is 3.56. The lowest BCUT2D eigenvalue weighted by molar-refractivity contribution is 0.532.